The molecule has 1 saturated heterocycles. The van der Waals surface area contributed by atoms with E-state index in [1.165, 1.54) is 0 Å². The van der Waals surface area contributed by atoms with E-state index in [9.17, 15) is 19.2 Å². The Labute approximate surface area is 178 Å². The molecule has 1 fully saturated rings. The first kappa shape index (κ1) is 20.3. The molecule has 0 aliphatic carbocycles. The van der Waals surface area contributed by atoms with Gasteiger partial charge in [0.05, 0.1) is 0 Å². The molecular formula is C23H21N3O5. The van der Waals surface area contributed by atoms with Crippen LogP contribution in [0.4, 0.5) is 4.79 Å². The van der Waals surface area contributed by atoms with Gasteiger partial charge < -0.3 is 15.0 Å². The largest absolute Gasteiger partial charge is 0.445 e. The van der Waals surface area contributed by atoms with Crippen molar-refractivity contribution >= 4 is 34.7 Å². The molecule has 0 radical (unpaired) electrons. The van der Waals surface area contributed by atoms with Gasteiger partial charge in [-0.1, -0.05) is 48.5 Å². The molecule has 4 rings (SSSR count). The number of carbonyl (C=O) groups excluding carboxylic acids is 4. The van der Waals surface area contributed by atoms with Crippen molar-refractivity contribution < 1.29 is 23.9 Å². The van der Waals surface area contributed by atoms with Crippen molar-refractivity contribution in [1.29, 1.82) is 0 Å². The Kier molecular flexibility index (Phi) is 5.79. The van der Waals surface area contributed by atoms with Crippen molar-refractivity contribution in [1.82, 2.24) is 15.2 Å². The summed E-state index contributed by atoms with van der Waals surface area (Å²) in [4.78, 5) is 53.4. The number of rotatable bonds is 6. The molecule has 1 aromatic heterocycles. The third-order valence-corrected chi connectivity index (χ3v) is 5.17. The van der Waals surface area contributed by atoms with Crippen LogP contribution in [0.15, 0.2) is 60.8 Å². The van der Waals surface area contributed by atoms with Crippen molar-refractivity contribution in [3.63, 3.8) is 0 Å². The van der Waals surface area contributed by atoms with Crippen LogP contribution in [0.2, 0.25) is 0 Å². The van der Waals surface area contributed by atoms with Gasteiger partial charge in [-0.15, -0.1) is 0 Å². The highest BCUT2D eigenvalue weighted by atomic mass is 16.5. The fourth-order valence-electron chi connectivity index (χ4n) is 3.61. The average Bonchev–Trinajstić information content (AvgIpc) is 3.34. The van der Waals surface area contributed by atoms with E-state index in [-0.39, 0.29) is 25.9 Å². The Balaban J connectivity index is 1.53. The highest BCUT2D eigenvalue weighted by molar-refractivity contribution is 6.16. The summed E-state index contributed by atoms with van der Waals surface area (Å²) in [6, 6.07) is 15.5. The summed E-state index contributed by atoms with van der Waals surface area (Å²) >= 11 is 0. The van der Waals surface area contributed by atoms with E-state index in [1.54, 1.807) is 6.20 Å². The van der Waals surface area contributed by atoms with Gasteiger partial charge in [-0.2, -0.15) is 0 Å². The number of nitrogens with one attached hydrogen (secondary N) is 2. The van der Waals surface area contributed by atoms with Gasteiger partial charge in [0.25, 0.3) is 5.91 Å². The fourth-order valence-corrected chi connectivity index (χ4v) is 3.61. The maximum atomic E-state index is 13.0. The quantitative estimate of drug-likeness (QED) is 0.597. The molecular weight excluding hydrogens is 398 g/mol. The van der Waals surface area contributed by atoms with Crippen LogP contribution >= 0.6 is 0 Å². The van der Waals surface area contributed by atoms with Gasteiger partial charge in [0, 0.05) is 36.4 Å². The Morgan fingerprint density at radius 1 is 1.00 bits per heavy atom. The van der Waals surface area contributed by atoms with E-state index in [2.05, 4.69) is 10.3 Å². The van der Waals surface area contributed by atoms with Crippen LogP contribution in [-0.2, 0) is 32.1 Å². The second kappa shape index (κ2) is 8.83. The van der Waals surface area contributed by atoms with Gasteiger partial charge in [-0.25, -0.2) is 9.69 Å². The summed E-state index contributed by atoms with van der Waals surface area (Å²) in [7, 11) is 0. The third-order valence-electron chi connectivity index (χ3n) is 5.17. The van der Waals surface area contributed by atoms with E-state index in [1.807, 2.05) is 54.6 Å². The Morgan fingerprint density at radius 3 is 2.42 bits per heavy atom. The van der Waals surface area contributed by atoms with E-state index in [0.29, 0.717) is 4.90 Å². The summed E-state index contributed by atoms with van der Waals surface area (Å²) in [6.07, 6.45) is 1.02. The number of fused-ring (bicyclic) bond motifs is 1. The van der Waals surface area contributed by atoms with Gasteiger partial charge in [0.15, 0.2) is 0 Å². The predicted molar refractivity (Wildman–Crippen MR) is 112 cm³/mol. The van der Waals surface area contributed by atoms with E-state index >= 15 is 0 Å². The van der Waals surface area contributed by atoms with Crippen LogP contribution in [0.3, 0.4) is 0 Å². The number of aromatic nitrogens is 1. The number of ether oxygens (including phenoxy) is 1. The number of carbonyl (C=O) groups is 4. The number of alkyl carbamates (subject to hydrolysis) is 1. The topological polar surface area (TPSA) is 109 Å². The molecule has 2 heterocycles. The molecule has 8 nitrogen and oxygen atoms in total. The van der Waals surface area contributed by atoms with Gasteiger partial charge in [-0.3, -0.25) is 14.4 Å². The first-order chi connectivity index (χ1) is 15.0. The lowest BCUT2D eigenvalue weighted by Crippen LogP contribution is -2.51. The predicted octanol–water partition coefficient (Wildman–Crippen LogP) is 2.68. The molecule has 2 aromatic carbocycles. The number of amides is 4. The number of para-hydroxylation sites is 1. The zero-order chi connectivity index (χ0) is 21.8. The number of imide groups is 3. The molecule has 8 heteroatoms. The Morgan fingerprint density at radius 2 is 1.68 bits per heavy atom. The van der Waals surface area contributed by atoms with Crippen LogP contribution in [-0.4, -0.2) is 39.7 Å². The lowest BCUT2D eigenvalue weighted by atomic mass is 10.0. The van der Waals surface area contributed by atoms with Crippen LogP contribution in [0.1, 0.15) is 24.0 Å². The number of hydrogen-bond donors (Lipinski definition) is 2. The molecule has 4 amide bonds. The number of H-pyrrole nitrogens is 1. The molecule has 2 N–H and O–H groups in total. The molecule has 158 valence electrons. The molecule has 0 bridgehead atoms. The van der Waals surface area contributed by atoms with Gasteiger partial charge in [0.1, 0.15) is 12.6 Å². The van der Waals surface area contributed by atoms with Gasteiger partial charge >= 0.3 is 6.09 Å². The summed E-state index contributed by atoms with van der Waals surface area (Å²) in [5.74, 6) is -1.87. The maximum absolute atomic E-state index is 13.0. The molecule has 1 atom stereocenters. The lowest BCUT2D eigenvalue weighted by molar-refractivity contribution is -0.150. The van der Waals surface area contributed by atoms with Crippen molar-refractivity contribution in [2.75, 3.05) is 0 Å². The first-order valence-corrected chi connectivity index (χ1v) is 9.95. The summed E-state index contributed by atoms with van der Waals surface area (Å²) in [6.45, 7) is 0.0300. The molecule has 3 aromatic rings. The van der Waals surface area contributed by atoms with E-state index in [4.69, 9.17) is 4.74 Å². The molecule has 0 spiro atoms. The van der Waals surface area contributed by atoms with Crippen molar-refractivity contribution in [3.8, 4) is 0 Å². The Bertz CT molecular complexity index is 1120. The smallest absolute Gasteiger partial charge is 0.408 e. The van der Waals surface area contributed by atoms with Gasteiger partial charge in [0.2, 0.25) is 11.8 Å². The molecule has 1 aliphatic heterocycles. The van der Waals surface area contributed by atoms with Crippen LogP contribution < -0.4 is 5.32 Å². The standard InChI is InChI=1S/C23H21N3O5/c27-20-10-11-21(28)26(20)22(29)19(12-16-13-24-18-9-5-4-8-17(16)18)25-23(30)31-14-15-6-2-1-3-7-15/h1-9,13,19,24H,10-12,14H2,(H,25,30)/t19-/m0/s1. The summed E-state index contributed by atoms with van der Waals surface area (Å²) < 4.78 is 5.23. The number of benzene rings is 2. The van der Waals surface area contributed by atoms with Crippen LogP contribution in [0, 0.1) is 0 Å². The zero-order valence-electron chi connectivity index (χ0n) is 16.7. The second-order valence-electron chi connectivity index (χ2n) is 7.28. The number of nitrogens with zero attached hydrogens (tertiary/aromatic N) is 1. The van der Waals surface area contributed by atoms with Crippen LogP contribution in [0.5, 0.6) is 0 Å². The molecule has 0 unspecified atom stereocenters. The third kappa shape index (κ3) is 4.48. The minimum atomic E-state index is -1.13. The number of hydrogen-bond acceptors (Lipinski definition) is 5. The monoisotopic (exact) mass is 419 g/mol. The summed E-state index contributed by atoms with van der Waals surface area (Å²) in [5, 5.41) is 3.43. The molecule has 1 aliphatic rings. The highest BCUT2D eigenvalue weighted by Gasteiger charge is 2.39. The first-order valence-electron chi connectivity index (χ1n) is 9.95. The lowest BCUT2D eigenvalue weighted by Gasteiger charge is -2.21. The number of likely N-dealkylation sites (tertiary alicyclic amines) is 1. The minimum Gasteiger partial charge on any atom is -0.445 e. The van der Waals surface area contributed by atoms with E-state index in [0.717, 1.165) is 22.0 Å². The second-order valence-corrected chi connectivity index (χ2v) is 7.28. The molecule has 31 heavy (non-hydrogen) atoms. The van der Waals surface area contributed by atoms with Crippen LogP contribution in [0.25, 0.3) is 10.9 Å². The maximum Gasteiger partial charge on any atom is 0.408 e. The van der Waals surface area contributed by atoms with E-state index < -0.39 is 29.9 Å². The molecule has 0 saturated carbocycles. The van der Waals surface area contributed by atoms with Crippen molar-refractivity contribution in [2.45, 2.75) is 31.9 Å². The average molecular weight is 419 g/mol. The zero-order valence-corrected chi connectivity index (χ0v) is 16.7. The van der Waals surface area contributed by atoms with Gasteiger partial charge in [-0.05, 0) is 17.2 Å². The van der Waals surface area contributed by atoms with Crippen molar-refractivity contribution in [2.24, 2.45) is 0 Å². The number of aromatic amines is 1. The SMILES string of the molecule is O=C(N[C@@H](Cc1c[nH]c2ccccc12)C(=O)N1C(=O)CCC1=O)OCc1ccccc1. The highest BCUT2D eigenvalue weighted by Crippen LogP contribution is 2.21. The Hall–Kier alpha value is -3.94. The van der Waals surface area contributed by atoms with Crippen molar-refractivity contribution in [3.05, 3.63) is 71.9 Å². The fraction of sp³-hybridized carbons (Fsp3) is 0.217. The normalized spacial score (nSPS) is 14.6. The summed E-state index contributed by atoms with van der Waals surface area (Å²) in [5.41, 5.74) is 2.45. The minimum absolute atomic E-state index is 0.0111.